The number of halogens is 4. The van der Waals surface area contributed by atoms with Crippen LogP contribution in [0.25, 0.3) is 0 Å². The highest BCUT2D eigenvalue weighted by molar-refractivity contribution is 6.02. The van der Waals surface area contributed by atoms with Gasteiger partial charge in [0.15, 0.2) is 0 Å². The first-order chi connectivity index (χ1) is 21.2. The van der Waals surface area contributed by atoms with Crippen molar-refractivity contribution < 1.29 is 37.1 Å². The van der Waals surface area contributed by atoms with Crippen molar-refractivity contribution in [1.29, 1.82) is 0 Å². The smallest absolute Gasteiger partial charge is 0.378 e. The Labute approximate surface area is 258 Å². The number of nitrogens with zero attached hydrogens (tertiary/aromatic N) is 3. The van der Waals surface area contributed by atoms with Gasteiger partial charge < -0.3 is 20.6 Å². The minimum absolute atomic E-state index is 0.0976. The van der Waals surface area contributed by atoms with Crippen LogP contribution >= 0.6 is 0 Å². The molecule has 1 saturated heterocycles. The maximum Gasteiger partial charge on any atom is 0.401 e. The summed E-state index contributed by atoms with van der Waals surface area (Å²) < 4.78 is 55.6. The quantitative estimate of drug-likeness (QED) is 0.190. The first-order valence-electron chi connectivity index (χ1n) is 15.5. The molecular weight excluding hydrogens is 596 g/mol. The van der Waals surface area contributed by atoms with Gasteiger partial charge >= 0.3 is 6.18 Å². The molecule has 2 aromatic rings. The summed E-state index contributed by atoms with van der Waals surface area (Å²) in [6.07, 6.45) is -0.297. The van der Waals surface area contributed by atoms with Crippen molar-refractivity contribution in [2.24, 2.45) is 17.8 Å². The minimum atomic E-state index is -4.58. The number of carbonyl (C=O) groups excluding carboxylic acids is 3. The van der Waals surface area contributed by atoms with Crippen molar-refractivity contribution in [3.63, 3.8) is 0 Å². The number of hydrogen-bond donors (Lipinski definition) is 4. The Morgan fingerprint density at radius 2 is 1.78 bits per heavy atom. The van der Waals surface area contributed by atoms with Gasteiger partial charge in [-0.25, -0.2) is 4.39 Å². The van der Waals surface area contributed by atoms with Gasteiger partial charge in [-0.2, -0.15) is 18.3 Å². The lowest BCUT2D eigenvalue weighted by molar-refractivity contribution is -0.131. The largest absolute Gasteiger partial charge is 0.401 e. The second kappa shape index (κ2) is 13.1. The number of aliphatic hydroxyl groups excluding tert-OH is 1. The summed E-state index contributed by atoms with van der Waals surface area (Å²) in [5.41, 5.74) is 0.367. The Bertz CT molecular complexity index is 1410. The molecule has 1 aromatic heterocycles. The zero-order valence-electron chi connectivity index (χ0n) is 25.5. The summed E-state index contributed by atoms with van der Waals surface area (Å²) in [6.45, 7) is 4.02. The van der Waals surface area contributed by atoms with Crippen molar-refractivity contribution >= 4 is 29.1 Å². The van der Waals surface area contributed by atoms with Crippen LogP contribution in [0.2, 0.25) is 0 Å². The zero-order valence-corrected chi connectivity index (χ0v) is 25.5. The van der Waals surface area contributed by atoms with Crippen molar-refractivity contribution in [2.75, 3.05) is 23.3 Å². The number of alkyl halides is 3. The molecule has 1 aromatic carbocycles. The number of aromatic nitrogens is 2. The van der Waals surface area contributed by atoms with Crippen LogP contribution in [-0.2, 0) is 9.59 Å². The van der Waals surface area contributed by atoms with E-state index >= 15 is 4.39 Å². The van der Waals surface area contributed by atoms with Gasteiger partial charge in [0.05, 0.1) is 12.2 Å². The number of rotatable bonds is 13. The minimum Gasteiger partial charge on any atom is -0.378 e. The Hall–Kier alpha value is -3.52. The Morgan fingerprint density at radius 3 is 2.33 bits per heavy atom. The normalized spacial score (nSPS) is 19.2. The predicted molar refractivity (Wildman–Crippen MR) is 158 cm³/mol. The zero-order chi connectivity index (χ0) is 32.6. The Balaban J connectivity index is 1.44. The van der Waals surface area contributed by atoms with Gasteiger partial charge in [0, 0.05) is 36.8 Å². The van der Waals surface area contributed by atoms with Crippen LogP contribution in [-0.4, -0.2) is 64.1 Å². The van der Waals surface area contributed by atoms with Crippen LogP contribution in [0.1, 0.15) is 87.3 Å². The molecule has 1 aliphatic heterocycles. The van der Waals surface area contributed by atoms with E-state index in [1.165, 1.54) is 24.1 Å². The van der Waals surface area contributed by atoms with E-state index in [0.29, 0.717) is 12.1 Å². The summed E-state index contributed by atoms with van der Waals surface area (Å²) >= 11 is 0. The molecular formula is C31H40F4N6O4. The molecule has 45 heavy (non-hydrogen) atoms. The molecule has 10 nitrogen and oxygen atoms in total. The van der Waals surface area contributed by atoms with Crippen LogP contribution in [0.5, 0.6) is 0 Å². The first kappa shape index (κ1) is 32.9. The van der Waals surface area contributed by atoms with Crippen molar-refractivity contribution in [3.8, 4) is 0 Å². The van der Waals surface area contributed by atoms with E-state index < -0.39 is 48.5 Å². The van der Waals surface area contributed by atoms with Crippen LogP contribution in [0.15, 0.2) is 24.4 Å². The highest BCUT2D eigenvalue weighted by atomic mass is 19.4. The molecule has 4 N–H and O–H groups in total. The molecule has 0 bridgehead atoms. The highest BCUT2D eigenvalue weighted by Gasteiger charge is 2.48. The molecule has 2 heterocycles. The molecule has 3 amide bonds. The highest BCUT2D eigenvalue weighted by Crippen LogP contribution is 2.51. The molecule has 5 rings (SSSR count). The monoisotopic (exact) mass is 636 g/mol. The first-order valence-corrected chi connectivity index (χ1v) is 15.5. The fraction of sp³-hybridized carbons (Fsp3) is 0.613. The summed E-state index contributed by atoms with van der Waals surface area (Å²) in [5, 5.41) is 22.3. The summed E-state index contributed by atoms with van der Waals surface area (Å²) in [4.78, 5) is 41.5. The van der Waals surface area contributed by atoms with Gasteiger partial charge in [-0.1, -0.05) is 6.92 Å². The maximum atomic E-state index is 15.7. The Kier molecular flexibility index (Phi) is 9.54. The maximum absolute atomic E-state index is 15.7. The van der Waals surface area contributed by atoms with Gasteiger partial charge in [0.1, 0.15) is 23.8 Å². The molecule has 3 aliphatic rings. The second-order valence-electron chi connectivity index (χ2n) is 12.7. The standard InChI is InChI=1S/C31H40F4N6O4/c1-16(2)41-23(10-11-37-41)29(44)39-27(26(18-6-7-18)19-8-9-19)30(45)38-22-14-24(40-12-4-5-25(40)42)20(13-21(22)32)17(3)28(43)36-15-31(33,34)35/h10-11,13-14,16-19,26-28,36,43H,4-9,12,15H2,1-3H3,(H,38,45)(H,39,44)/t17?,27-,28?/m0/s1. The number of amides is 3. The van der Waals surface area contributed by atoms with Gasteiger partial charge in [0.25, 0.3) is 5.91 Å². The van der Waals surface area contributed by atoms with Gasteiger partial charge in [-0.15, -0.1) is 0 Å². The summed E-state index contributed by atoms with van der Waals surface area (Å²) in [5.74, 6) is -2.90. The predicted octanol–water partition coefficient (Wildman–Crippen LogP) is 4.48. The van der Waals surface area contributed by atoms with E-state index in [1.807, 2.05) is 19.2 Å². The lowest BCUT2D eigenvalue weighted by Gasteiger charge is -2.29. The van der Waals surface area contributed by atoms with E-state index in [2.05, 4.69) is 15.7 Å². The third-order valence-electron chi connectivity index (χ3n) is 8.89. The number of anilines is 2. The van der Waals surface area contributed by atoms with Gasteiger partial charge in [-0.3, -0.25) is 24.4 Å². The van der Waals surface area contributed by atoms with E-state index in [1.54, 1.807) is 10.7 Å². The number of benzene rings is 1. The van der Waals surface area contributed by atoms with Gasteiger partial charge in [0.2, 0.25) is 11.8 Å². The number of aliphatic hydroxyl groups is 1. The van der Waals surface area contributed by atoms with Crippen LogP contribution in [0.4, 0.5) is 28.9 Å². The molecule has 0 spiro atoms. The van der Waals surface area contributed by atoms with Crippen LogP contribution < -0.4 is 20.9 Å². The number of hydrogen-bond acceptors (Lipinski definition) is 6. The molecule has 2 aliphatic carbocycles. The lowest BCUT2D eigenvalue weighted by atomic mass is 9.88. The second-order valence-corrected chi connectivity index (χ2v) is 12.7. The molecule has 2 saturated carbocycles. The SMILES string of the molecule is CC(c1cc(F)c(NC(=O)[C@@H](NC(=O)c2ccnn2C(C)C)C(C2CC2)C2CC2)cc1N1CCCC1=O)C(O)NCC(F)(F)F. The molecule has 3 fully saturated rings. The third kappa shape index (κ3) is 7.66. The topological polar surface area (TPSA) is 129 Å². The molecule has 0 radical (unpaired) electrons. The van der Waals surface area contributed by atoms with E-state index in [4.69, 9.17) is 0 Å². The summed E-state index contributed by atoms with van der Waals surface area (Å²) in [6, 6.07) is 2.84. The number of nitrogens with one attached hydrogen (secondary N) is 3. The fourth-order valence-electron chi connectivity index (χ4n) is 6.30. The van der Waals surface area contributed by atoms with Crippen molar-refractivity contribution in [2.45, 2.75) is 89.7 Å². The lowest BCUT2D eigenvalue weighted by Crippen LogP contribution is -2.50. The molecule has 3 atom stereocenters. The number of carbonyl (C=O) groups is 3. The van der Waals surface area contributed by atoms with E-state index in [0.717, 1.165) is 31.7 Å². The Morgan fingerprint density at radius 1 is 1.11 bits per heavy atom. The van der Waals surface area contributed by atoms with Crippen LogP contribution in [0.3, 0.4) is 0 Å². The van der Waals surface area contributed by atoms with E-state index in [9.17, 15) is 32.7 Å². The van der Waals surface area contributed by atoms with Crippen molar-refractivity contribution in [3.05, 3.63) is 41.5 Å². The summed E-state index contributed by atoms with van der Waals surface area (Å²) in [7, 11) is 0. The third-order valence-corrected chi connectivity index (χ3v) is 8.89. The fourth-order valence-corrected chi connectivity index (χ4v) is 6.30. The average Bonchev–Trinajstić information content (AvgIpc) is 3.90. The molecule has 246 valence electrons. The van der Waals surface area contributed by atoms with Crippen LogP contribution in [0, 0.1) is 23.6 Å². The molecule has 2 unspecified atom stereocenters. The van der Waals surface area contributed by atoms with Gasteiger partial charge in [-0.05, 0) is 87.5 Å². The average molecular weight is 637 g/mol. The molecule has 14 heteroatoms. The van der Waals surface area contributed by atoms with Crippen molar-refractivity contribution in [1.82, 2.24) is 20.4 Å². The van der Waals surface area contributed by atoms with E-state index in [-0.39, 0.29) is 59.6 Å².